The van der Waals surface area contributed by atoms with Gasteiger partial charge in [-0.3, -0.25) is 0 Å². The summed E-state index contributed by atoms with van der Waals surface area (Å²) in [6.07, 6.45) is 5.79. The van der Waals surface area contributed by atoms with Gasteiger partial charge >= 0.3 is 0 Å². The Morgan fingerprint density at radius 3 is 1.80 bits per heavy atom. The van der Waals surface area contributed by atoms with Gasteiger partial charge in [-0.15, -0.1) is 13.2 Å². The average molecular weight is 274 g/mol. The molecular formula is C18H26O2. The van der Waals surface area contributed by atoms with Crippen molar-refractivity contribution in [2.45, 2.75) is 26.7 Å². The van der Waals surface area contributed by atoms with Gasteiger partial charge in [0.1, 0.15) is 11.5 Å². The van der Waals surface area contributed by atoms with Crippen molar-refractivity contribution in [3.8, 4) is 11.5 Å². The third-order valence-electron chi connectivity index (χ3n) is 3.01. The molecule has 0 aliphatic carbocycles. The van der Waals surface area contributed by atoms with E-state index in [0.29, 0.717) is 25.0 Å². The summed E-state index contributed by atoms with van der Waals surface area (Å²) in [7, 11) is 0. The Hall–Kier alpha value is -1.70. The van der Waals surface area contributed by atoms with Crippen LogP contribution in [-0.2, 0) is 0 Å². The molecule has 110 valence electrons. The van der Waals surface area contributed by atoms with Crippen molar-refractivity contribution < 1.29 is 9.47 Å². The first kappa shape index (κ1) is 16.4. The van der Waals surface area contributed by atoms with Crippen molar-refractivity contribution in [2.24, 2.45) is 11.8 Å². The Morgan fingerprint density at radius 1 is 0.950 bits per heavy atom. The summed E-state index contributed by atoms with van der Waals surface area (Å²) in [6.45, 7) is 13.2. The van der Waals surface area contributed by atoms with Crippen molar-refractivity contribution in [3.63, 3.8) is 0 Å². The van der Waals surface area contributed by atoms with E-state index in [-0.39, 0.29) is 0 Å². The third-order valence-corrected chi connectivity index (χ3v) is 3.01. The molecule has 0 N–H and O–H groups in total. The van der Waals surface area contributed by atoms with Gasteiger partial charge in [-0.05, 0) is 36.8 Å². The smallest absolute Gasteiger partial charge is 0.122 e. The molecule has 1 aromatic carbocycles. The highest BCUT2D eigenvalue weighted by atomic mass is 16.5. The van der Waals surface area contributed by atoms with Gasteiger partial charge in [-0.1, -0.05) is 32.1 Å². The van der Waals surface area contributed by atoms with Gasteiger partial charge in [0, 0.05) is 6.07 Å². The molecule has 0 saturated heterocycles. The maximum atomic E-state index is 5.77. The molecule has 0 heterocycles. The summed E-state index contributed by atoms with van der Waals surface area (Å²) in [6, 6.07) is 7.82. The summed E-state index contributed by atoms with van der Waals surface area (Å²) in [5.41, 5.74) is 0. The highest BCUT2D eigenvalue weighted by molar-refractivity contribution is 5.32. The lowest BCUT2D eigenvalue weighted by Crippen LogP contribution is -2.09. The van der Waals surface area contributed by atoms with E-state index in [1.165, 1.54) is 0 Å². The van der Waals surface area contributed by atoms with Crippen LogP contribution in [-0.4, -0.2) is 13.2 Å². The zero-order valence-electron chi connectivity index (χ0n) is 12.7. The van der Waals surface area contributed by atoms with E-state index in [1.807, 2.05) is 36.4 Å². The molecule has 0 bridgehead atoms. The normalized spacial score (nSPS) is 13.3. The molecule has 0 aromatic heterocycles. The van der Waals surface area contributed by atoms with Crippen LogP contribution in [0.5, 0.6) is 11.5 Å². The number of ether oxygens (including phenoxy) is 2. The van der Waals surface area contributed by atoms with Crippen molar-refractivity contribution in [3.05, 3.63) is 49.6 Å². The van der Waals surface area contributed by atoms with Gasteiger partial charge < -0.3 is 9.47 Å². The summed E-state index contributed by atoms with van der Waals surface area (Å²) in [5, 5.41) is 0. The van der Waals surface area contributed by atoms with E-state index >= 15 is 0 Å². The van der Waals surface area contributed by atoms with Crippen molar-refractivity contribution >= 4 is 0 Å². The van der Waals surface area contributed by atoms with E-state index in [9.17, 15) is 0 Å². The maximum Gasteiger partial charge on any atom is 0.122 e. The summed E-state index contributed by atoms with van der Waals surface area (Å²) >= 11 is 0. The molecule has 2 heteroatoms. The minimum absolute atomic E-state index is 0.477. The van der Waals surface area contributed by atoms with Crippen LogP contribution in [0.3, 0.4) is 0 Å². The van der Waals surface area contributed by atoms with E-state index in [2.05, 4.69) is 27.0 Å². The zero-order chi connectivity index (χ0) is 14.8. The Morgan fingerprint density at radius 2 is 1.40 bits per heavy atom. The van der Waals surface area contributed by atoms with Crippen LogP contribution in [0.1, 0.15) is 26.7 Å². The predicted molar refractivity (Wildman–Crippen MR) is 85.4 cm³/mol. The molecular weight excluding hydrogens is 248 g/mol. The van der Waals surface area contributed by atoms with Crippen molar-refractivity contribution in [2.75, 3.05) is 13.2 Å². The van der Waals surface area contributed by atoms with Gasteiger partial charge in [0.2, 0.25) is 0 Å². The SMILES string of the molecule is C=CCC(C)COc1cccc(OC[C@H](C)CC=C)c1. The van der Waals surface area contributed by atoms with Crippen LogP contribution in [0.4, 0.5) is 0 Å². The van der Waals surface area contributed by atoms with Gasteiger partial charge in [0.15, 0.2) is 0 Å². The van der Waals surface area contributed by atoms with Crippen LogP contribution >= 0.6 is 0 Å². The molecule has 0 radical (unpaired) electrons. The average Bonchev–Trinajstić information content (AvgIpc) is 2.44. The summed E-state index contributed by atoms with van der Waals surface area (Å²) in [5.74, 6) is 2.67. The van der Waals surface area contributed by atoms with Crippen LogP contribution in [0.25, 0.3) is 0 Å². The standard InChI is InChI=1S/C18H26O2/c1-5-8-15(3)13-19-17-10-7-11-18(12-17)20-14-16(4)9-6-2/h5-7,10-12,15-16H,1-2,8-9,13-14H2,3-4H3/t15-,16?/m1/s1. The molecule has 1 unspecified atom stereocenters. The molecule has 0 fully saturated rings. The van der Waals surface area contributed by atoms with Crippen molar-refractivity contribution in [1.29, 1.82) is 0 Å². The number of benzene rings is 1. The molecule has 0 spiro atoms. The van der Waals surface area contributed by atoms with E-state index in [0.717, 1.165) is 24.3 Å². The quantitative estimate of drug-likeness (QED) is 0.567. The predicted octanol–water partition coefficient (Wildman–Crippen LogP) is 4.87. The molecule has 2 nitrogen and oxygen atoms in total. The van der Waals surface area contributed by atoms with Crippen LogP contribution in [0, 0.1) is 11.8 Å². The second kappa shape index (κ2) is 9.24. The topological polar surface area (TPSA) is 18.5 Å². The number of allylic oxidation sites excluding steroid dienone is 2. The minimum atomic E-state index is 0.477. The van der Waals surface area contributed by atoms with Crippen LogP contribution in [0.15, 0.2) is 49.6 Å². The monoisotopic (exact) mass is 274 g/mol. The second-order valence-corrected chi connectivity index (χ2v) is 5.36. The van der Waals surface area contributed by atoms with E-state index in [4.69, 9.17) is 9.47 Å². The fourth-order valence-electron chi connectivity index (χ4n) is 1.84. The Balaban J connectivity index is 2.44. The lowest BCUT2D eigenvalue weighted by atomic mass is 10.1. The highest BCUT2D eigenvalue weighted by Crippen LogP contribution is 2.21. The highest BCUT2D eigenvalue weighted by Gasteiger charge is 2.04. The first-order chi connectivity index (χ1) is 9.65. The fourth-order valence-corrected chi connectivity index (χ4v) is 1.84. The first-order valence-electron chi connectivity index (χ1n) is 7.23. The maximum absolute atomic E-state index is 5.77. The largest absolute Gasteiger partial charge is 0.493 e. The minimum Gasteiger partial charge on any atom is -0.493 e. The number of hydrogen-bond acceptors (Lipinski definition) is 2. The summed E-state index contributed by atoms with van der Waals surface area (Å²) in [4.78, 5) is 0. The van der Waals surface area contributed by atoms with Gasteiger partial charge in [-0.2, -0.15) is 0 Å². The Bertz CT molecular complexity index is 376. The van der Waals surface area contributed by atoms with E-state index in [1.54, 1.807) is 0 Å². The lowest BCUT2D eigenvalue weighted by Gasteiger charge is -2.14. The second-order valence-electron chi connectivity index (χ2n) is 5.36. The van der Waals surface area contributed by atoms with Gasteiger partial charge in [0.25, 0.3) is 0 Å². The van der Waals surface area contributed by atoms with Gasteiger partial charge in [0.05, 0.1) is 13.2 Å². The zero-order valence-corrected chi connectivity index (χ0v) is 12.7. The number of hydrogen-bond donors (Lipinski definition) is 0. The van der Waals surface area contributed by atoms with Crippen LogP contribution < -0.4 is 9.47 Å². The molecule has 1 rings (SSSR count). The van der Waals surface area contributed by atoms with Crippen molar-refractivity contribution in [1.82, 2.24) is 0 Å². The van der Waals surface area contributed by atoms with Gasteiger partial charge in [-0.25, -0.2) is 0 Å². The summed E-state index contributed by atoms with van der Waals surface area (Å²) < 4.78 is 11.5. The fraction of sp³-hybridized carbons (Fsp3) is 0.444. The number of rotatable bonds is 10. The Labute approximate surface area is 123 Å². The lowest BCUT2D eigenvalue weighted by molar-refractivity contribution is 0.249. The first-order valence-corrected chi connectivity index (χ1v) is 7.23. The molecule has 1 aromatic rings. The molecule has 0 saturated carbocycles. The van der Waals surface area contributed by atoms with Crippen LogP contribution in [0.2, 0.25) is 0 Å². The molecule has 20 heavy (non-hydrogen) atoms. The molecule has 0 amide bonds. The molecule has 0 aliphatic rings. The Kier molecular flexibility index (Phi) is 7.56. The molecule has 2 atom stereocenters. The molecule has 0 aliphatic heterocycles. The third kappa shape index (κ3) is 6.46. The van der Waals surface area contributed by atoms with E-state index < -0.39 is 0 Å².